The number of aliphatic hydroxyl groups excluding tert-OH is 6. The molecule has 0 spiro atoms. The molecule has 0 bridgehead atoms. The predicted molar refractivity (Wildman–Crippen MR) is 76.6 cm³/mol. The van der Waals surface area contributed by atoms with E-state index in [0.717, 1.165) is 6.92 Å². The summed E-state index contributed by atoms with van der Waals surface area (Å²) in [5, 5.41) is 64.8. The van der Waals surface area contributed by atoms with Crippen LogP contribution in [0.25, 0.3) is 0 Å². The van der Waals surface area contributed by atoms with Crippen LogP contribution in [0, 0.1) is 0 Å². The molecule has 0 aliphatic carbocycles. The van der Waals surface area contributed by atoms with E-state index in [1.54, 1.807) is 6.92 Å². The van der Waals surface area contributed by atoms with Crippen molar-refractivity contribution in [3.05, 3.63) is 0 Å². The van der Waals surface area contributed by atoms with E-state index >= 15 is 0 Å². The normalized spacial score (nSPS) is 14.0. The molecular weight excluding hydrogens is 320 g/mol. The molecule has 0 aliphatic heterocycles. The fraction of sp³-hybridized carbons (Fsp3) is 0.750. The number of carboxylic acids is 2. The first kappa shape index (κ1) is 29.4. The summed E-state index contributed by atoms with van der Waals surface area (Å²) in [4.78, 5) is 28.2. The van der Waals surface area contributed by atoms with Crippen LogP contribution in [-0.2, 0) is 14.4 Å². The van der Waals surface area contributed by atoms with Crippen molar-refractivity contribution in [2.75, 3.05) is 13.2 Å². The highest BCUT2D eigenvalue weighted by Gasteiger charge is 2.22. The minimum Gasteiger partial charge on any atom is -0.481 e. The lowest BCUT2D eigenvalue weighted by molar-refractivity contribution is -0.145. The summed E-state index contributed by atoms with van der Waals surface area (Å²) in [5.41, 5.74) is 0. The van der Waals surface area contributed by atoms with E-state index in [9.17, 15) is 9.59 Å². The minimum absolute atomic E-state index is 0.0869. The molecule has 0 saturated carbocycles. The van der Waals surface area contributed by atoms with Gasteiger partial charge in [-0.25, -0.2) is 4.79 Å². The Hall–Kier alpha value is -1.63. The summed E-state index contributed by atoms with van der Waals surface area (Å²) < 4.78 is 0. The zero-order chi connectivity index (χ0) is 19.6. The Morgan fingerprint density at radius 1 is 1.04 bits per heavy atom. The van der Waals surface area contributed by atoms with Crippen LogP contribution in [0.3, 0.4) is 0 Å². The highest BCUT2D eigenvalue weighted by molar-refractivity contribution is 5.71. The molecule has 0 saturated heterocycles. The molecule has 1 unspecified atom stereocenters. The average molecular weight is 346 g/mol. The van der Waals surface area contributed by atoms with Crippen molar-refractivity contribution < 1.29 is 55.2 Å². The SMILES string of the molecule is CC(=O)O.CC(O)C(=O)O.CCO.O=C[C@@H](O)[C@H](O)[C@H](O)CO. The number of hydrogen-bond acceptors (Lipinski definition) is 9. The predicted octanol–water partition coefficient (Wildman–Crippen LogP) is -3.20. The molecule has 4 atom stereocenters. The maximum atomic E-state index is 9.76. The lowest BCUT2D eigenvalue weighted by Crippen LogP contribution is -2.40. The molecule has 0 heterocycles. The summed E-state index contributed by atoms with van der Waals surface area (Å²) in [6.45, 7) is 3.52. The standard InChI is InChI=1S/C5H10O5.C3H6O3.C2H4O2.C2H6O/c6-1-3(8)5(10)4(9)2-7;1-2(4)3(5)6;1-2(3)4;1-2-3/h1,3-5,7-10H,2H2;2,4H,1H3,(H,5,6);1H3,(H,3,4);3H,2H2,1H3/t3-,4-,5+;;;/m1.../s1. The Morgan fingerprint density at radius 3 is 1.43 bits per heavy atom. The van der Waals surface area contributed by atoms with Crippen LogP contribution in [0.2, 0.25) is 0 Å². The van der Waals surface area contributed by atoms with Crippen molar-refractivity contribution in [2.24, 2.45) is 0 Å². The second-order valence-corrected chi connectivity index (χ2v) is 3.72. The largest absolute Gasteiger partial charge is 0.481 e. The Balaban J connectivity index is -0.000000118. The molecule has 0 radical (unpaired) electrons. The van der Waals surface area contributed by atoms with Gasteiger partial charge < -0.3 is 45.6 Å². The maximum absolute atomic E-state index is 9.76. The summed E-state index contributed by atoms with van der Waals surface area (Å²) in [6, 6.07) is 0. The molecular formula is C12H26O11. The molecule has 11 heteroatoms. The number of rotatable bonds is 5. The average Bonchev–Trinajstić information content (AvgIpc) is 2.45. The molecule has 0 aliphatic rings. The molecule has 140 valence electrons. The first-order chi connectivity index (χ1) is 10.4. The van der Waals surface area contributed by atoms with Crippen molar-refractivity contribution >= 4 is 18.2 Å². The molecule has 0 amide bonds. The number of aldehydes is 1. The Labute approximate surface area is 133 Å². The van der Waals surface area contributed by atoms with Gasteiger partial charge in [0.05, 0.1) is 6.61 Å². The van der Waals surface area contributed by atoms with Gasteiger partial charge in [0.2, 0.25) is 0 Å². The minimum atomic E-state index is -1.64. The summed E-state index contributed by atoms with van der Waals surface area (Å²) in [6.07, 6.45) is -5.86. The van der Waals surface area contributed by atoms with E-state index in [4.69, 9.17) is 45.6 Å². The van der Waals surface area contributed by atoms with Gasteiger partial charge in [-0.05, 0) is 13.8 Å². The van der Waals surface area contributed by atoms with Crippen LogP contribution in [0.15, 0.2) is 0 Å². The van der Waals surface area contributed by atoms with Crippen molar-refractivity contribution in [2.45, 2.75) is 45.2 Å². The highest BCUT2D eigenvalue weighted by atomic mass is 16.4. The van der Waals surface area contributed by atoms with Gasteiger partial charge in [0.15, 0.2) is 6.29 Å². The lowest BCUT2D eigenvalue weighted by Gasteiger charge is -2.16. The second-order valence-electron chi connectivity index (χ2n) is 3.72. The Bertz CT molecular complexity index is 289. The number of aliphatic hydroxyl groups is 6. The summed E-state index contributed by atoms with van der Waals surface area (Å²) >= 11 is 0. The van der Waals surface area contributed by atoms with Gasteiger partial charge in [0.25, 0.3) is 5.97 Å². The van der Waals surface area contributed by atoms with E-state index in [2.05, 4.69) is 0 Å². The molecule has 11 nitrogen and oxygen atoms in total. The maximum Gasteiger partial charge on any atom is 0.332 e. The third-order valence-corrected chi connectivity index (χ3v) is 1.43. The zero-order valence-corrected chi connectivity index (χ0v) is 13.1. The quantitative estimate of drug-likeness (QED) is 0.232. The molecule has 8 N–H and O–H groups in total. The number of hydrogen-bond donors (Lipinski definition) is 8. The number of carbonyl (C=O) groups excluding carboxylic acids is 1. The monoisotopic (exact) mass is 346 g/mol. The third-order valence-electron chi connectivity index (χ3n) is 1.43. The smallest absolute Gasteiger partial charge is 0.332 e. The van der Waals surface area contributed by atoms with Crippen LogP contribution in [-0.4, -0.2) is 96.7 Å². The number of carboxylic acid groups (broad SMARTS) is 2. The molecule has 0 aromatic heterocycles. The fourth-order valence-electron chi connectivity index (χ4n) is 0.416. The second kappa shape index (κ2) is 20.4. The van der Waals surface area contributed by atoms with E-state index < -0.39 is 43.0 Å². The van der Waals surface area contributed by atoms with E-state index in [-0.39, 0.29) is 12.9 Å². The van der Waals surface area contributed by atoms with Crippen LogP contribution in [0.1, 0.15) is 20.8 Å². The van der Waals surface area contributed by atoms with Crippen LogP contribution >= 0.6 is 0 Å². The van der Waals surface area contributed by atoms with E-state index in [1.807, 2.05) is 0 Å². The number of aliphatic carboxylic acids is 2. The summed E-state index contributed by atoms with van der Waals surface area (Å²) in [5.74, 6) is -2.02. The summed E-state index contributed by atoms with van der Waals surface area (Å²) in [7, 11) is 0. The first-order valence-corrected chi connectivity index (χ1v) is 6.24. The number of carbonyl (C=O) groups is 3. The molecule has 0 rings (SSSR count). The zero-order valence-electron chi connectivity index (χ0n) is 13.1. The highest BCUT2D eigenvalue weighted by Crippen LogP contribution is 1.96. The van der Waals surface area contributed by atoms with Gasteiger partial charge in [-0.2, -0.15) is 0 Å². The third kappa shape index (κ3) is 33.3. The van der Waals surface area contributed by atoms with Gasteiger partial charge in [0.1, 0.15) is 24.4 Å². The van der Waals surface area contributed by atoms with Crippen molar-refractivity contribution in [3.63, 3.8) is 0 Å². The molecule has 23 heavy (non-hydrogen) atoms. The van der Waals surface area contributed by atoms with E-state index in [0.29, 0.717) is 0 Å². The van der Waals surface area contributed by atoms with Crippen LogP contribution in [0.4, 0.5) is 0 Å². The van der Waals surface area contributed by atoms with Gasteiger partial charge in [-0.3, -0.25) is 4.79 Å². The van der Waals surface area contributed by atoms with Crippen molar-refractivity contribution in [1.29, 1.82) is 0 Å². The Morgan fingerprint density at radius 2 is 1.30 bits per heavy atom. The van der Waals surface area contributed by atoms with Crippen molar-refractivity contribution in [1.82, 2.24) is 0 Å². The van der Waals surface area contributed by atoms with Crippen LogP contribution in [0.5, 0.6) is 0 Å². The molecule has 0 aromatic rings. The van der Waals surface area contributed by atoms with Crippen LogP contribution < -0.4 is 0 Å². The van der Waals surface area contributed by atoms with Gasteiger partial charge in [0, 0.05) is 13.5 Å². The van der Waals surface area contributed by atoms with Gasteiger partial charge in [-0.1, -0.05) is 0 Å². The Kier molecular flexibility index (Phi) is 26.0. The first-order valence-electron chi connectivity index (χ1n) is 6.24. The fourth-order valence-corrected chi connectivity index (χ4v) is 0.416. The topological polar surface area (TPSA) is 213 Å². The van der Waals surface area contributed by atoms with E-state index in [1.165, 1.54) is 6.92 Å². The lowest BCUT2D eigenvalue weighted by atomic mass is 10.1. The molecule has 0 fully saturated rings. The molecule has 0 aromatic carbocycles. The van der Waals surface area contributed by atoms with Gasteiger partial charge in [-0.15, -0.1) is 0 Å². The van der Waals surface area contributed by atoms with Gasteiger partial charge >= 0.3 is 5.97 Å². The van der Waals surface area contributed by atoms with Crippen molar-refractivity contribution in [3.8, 4) is 0 Å².